The third-order valence-electron chi connectivity index (χ3n) is 3.72. The number of nitrogens with zero attached hydrogens (tertiary/aromatic N) is 2. The molecule has 0 saturated carbocycles. The predicted octanol–water partition coefficient (Wildman–Crippen LogP) is 4.60. The van der Waals surface area contributed by atoms with Crippen LogP contribution in [0.15, 0.2) is 35.1 Å². The maximum atomic E-state index is 14.3. The standard InChI is InChI=1S/C16H17BrFN3/c1-11-5-4-6-13-15(18)14(20-16(11)13)7-2-3-8-21-10-12(17)9-19-21/h4-6,9-10,20H,2-3,7-8H2,1H3. The smallest absolute Gasteiger partial charge is 0.151 e. The number of fused-ring (bicyclic) bond motifs is 1. The quantitative estimate of drug-likeness (QED) is 0.671. The van der Waals surface area contributed by atoms with Crippen LogP contribution in [0.2, 0.25) is 0 Å². The summed E-state index contributed by atoms with van der Waals surface area (Å²) in [7, 11) is 0. The van der Waals surface area contributed by atoms with Gasteiger partial charge in [-0.3, -0.25) is 4.68 Å². The molecule has 2 aromatic heterocycles. The molecule has 0 radical (unpaired) electrons. The summed E-state index contributed by atoms with van der Waals surface area (Å²) in [6.07, 6.45) is 6.36. The molecule has 3 nitrogen and oxygen atoms in total. The van der Waals surface area contributed by atoms with Gasteiger partial charge >= 0.3 is 0 Å². The summed E-state index contributed by atoms with van der Waals surface area (Å²) in [5.41, 5.74) is 2.71. The van der Waals surface area contributed by atoms with Crippen molar-refractivity contribution in [1.29, 1.82) is 0 Å². The van der Waals surface area contributed by atoms with Crippen LogP contribution in [0.4, 0.5) is 4.39 Å². The fourth-order valence-corrected chi connectivity index (χ4v) is 2.92. The third-order valence-corrected chi connectivity index (χ3v) is 4.13. The Hall–Kier alpha value is -1.62. The van der Waals surface area contributed by atoms with Gasteiger partial charge in [0.15, 0.2) is 5.82 Å². The van der Waals surface area contributed by atoms with Crippen molar-refractivity contribution in [2.24, 2.45) is 0 Å². The normalized spacial score (nSPS) is 11.4. The van der Waals surface area contributed by atoms with Crippen LogP contribution in [0, 0.1) is 12.7 Å². The monoisotopic (exact) mass is 349 g/mol. The molecule has 0 saturated heterocycles. The summed E-state index contributed by atoms with van der Waals surface area (Å²) in [5.74, 6) is -0.101. The lowest BCUT2D eigenvalue weighted by atomic mass is 10.1. The number of aromatic amines is 1. The van der Waals surface area contributed by atoms with Gasteiger partial charge in [0.2, 0.25) is 0 Å². The number of hydrogen-bond donors (Lipinski definition) is 1. The van der Waals surface area contributed by atoms with E-state index in [4.69, 9.17) is 0 Å². The highest BCUT2D eigenvalue weighted by Crippen LogP contribution is 2.24. The molecule has 0 bridgehead atoms. The molecule has 0 aliphatic carbocycles. The van der Waals surface area contributed by atoms with Gasteiger partial charge in [-0.15, -0.1) is 0 Å². The van der Waals surface area contributed by atoms with Crippen molar-refractivity contribution in [1.82, 2.24) is 14.8 Å². The number of unbranched alkanes of at least 4 members (excludes halogenated alkanes) is 1. The zero-order valence-corrected chi connectivity index (χ0v) is 13.5. The lowest BCUT2D eigenvalue weighted by Gasteiger charge is -2.01. The summed E-state index contributed by atoms with van der Waals surface area (Å²) < 4.78 is 17.2. The largest absolute Gasteiger partial charge is 0.356 e. The number of para-hydroxylation sites is 1. The minimum Gasteiger partial charge on any atom is -0.356 e. The maximum Gasteiger partial charge on any atom is 0.151 e. The number of H-pyrrole nitrogens is 1. The number of hydrogen-bond acceptors (Lipinski definition) is 1. The van der Waals surface area contributed by atoms with E-state index >= 15 is 0 Å². The predicted molar refractivity (Wildman–Crippen MR) is 85.9 cm³/mol. The number of rotatable bonds is 5. The SMILES string of the molecule is Cc1cccc2c(F)c(CCCCn3cc(Br)cn3)[nH]c12. The van der Waals surface area contributed by atoms with Crippen LogP contribution in [-0.4, -0.2) is 14.8 Å². The Bertz CT molecular complexity index is 760. The molecule has 2 heterocycles. The van der Waals surface area contributed by atoms with Crippen LogP contribution < -0.4 is 0 Å². The summed E-state index contributed by atoms with van der Waals surface area (Å²) >= 11 is 3.38. The first kappa shape index (κ1) is 14.3. The van der Waals surface area contributed by atoms with Gasteiger partial charge in [0, 0.05) is 18.1 Å². The van der Waals surface area contributed by atoms with Gasteiger partial charge in [0.1, 0.15) is 0 Å². The van der Waals surface area contributed by atoms with E-state index in [1.54, 1.807) is 6.20 Å². The topological polar surface area (TPSA) is 33.6 Å². The molecule has 0 amide bonds. The average molecular weight is 350 g/mol. The van der Waals surface area contributed by atoms with Crippen LogP contribution in [0.3, 0.4) is 0 Å². The zero-order chi connectivity index (χ0) is 14.8. The second kappa shape index (κ2) is 6.02. The Kier molecular flexibility index (Phi) is 4.10. The highest BCUT2D eigenvalue weighted by Gasteiger charge is 2.11. The van der Waals surface area contributed by atoms with Crippen molar-refractivity contribution in [3.05, 3.63) is 52.1 Å². The molecule has 0 unspecified atom stereocenters. The van der Waals surface area contributed by atoms with Crippen molar-refractivity contribution >= 4 is 26.8 Å². The van der Waals surface area contributed by atoms with E-state index in [0.717, 1.165) is 41.4 Å². The van der Waals surface area contributed by atoms with Gasteiger partial charge in [-0.05, 0) is 53.7 Å². The second-order valence-corrected chi connectivity index (χ2v) is 6.21. The first-order chi connectivity index (χ1) is 10.1. The molecule has 0 atom stereocenters. The maximum absolute atomic E-state index is 14.3. The van der Waals surface area contributed by atoms with Crippen LogP contribution in [0.1, 0.15) is 24.1 Å². The number of benzene rings is 1. The van der Waals surface area contributed by atoms with E-state index in [-0.39, 0.29) is 5.82 Å². The average Bonchev–Trinajstić information content (AvgIpc) is 3.01. The van der Waals surface area contributed by atoms with Gasteiger partial charge in [-0.2, -0.15) is 5.10 Å². The van der Waals surface area contributed by atoms with E-state index in [9.17, 15) is 4.39 Å². The highest BCUT2D eigenvalue weighted by atomic mass is 79.9. The second-order valence-electron chi connectivity index (χ2n) is 5.29. The Labute approximate surface area is 131 Å². The Balaban J connectivity index is 1.63. The van der Waals surface area contributed by atoms with Gasteiger partial charge in [0.05, 0.1) is 21.9 Å². The van der Waals surface area contributed by atoms with E-state index in [2.05, 4.69) is 26.0 Å². The summed E-state index contributed by atoms with van der Waals surface area (Å²) in [6.45, 7) is 2.85. The lowest BCUT2D eigenvalue weighted by molar-refractivity contribution is 0.546. The van der Waals surface area contributed by atoms with Crippen molar-refractivity contribution in [2.75, 3.05) is 0 Å². The molecule has 110 valence electrons. The fraction of sp³-hybridized carbons (Fsp3) is 0.312. The number of nitrogens with one attached hydrogen (secondary N) is 1. The molecule has 5 heteroatoms. The van der Waals surface area contributed by atoms with Crippen molar-refractivity contribution < 1.29 is 4.39 Å². The van der Waals surface area contributed by atoms with E-state index in [1.807, 2.05) is 36.0 Å². The molecule has 0 spiro atoms. The van der Waals surface area contributed by atoms with Crippen LogP contribution >= 0.6 is 15.9 Å². The summed E-state index contributed by atoms with van der Waals surface area (Å²) in [6, 6.07) is 5.73. The van der Waals surface area contributed by atoms with Gasteiger partial charge < -0.3 is 4.98 Å². The summed E-state index contributed by atoms with van der Waals surface area (Å²) in [4.78, 5) is 3.23. The zero-order valence-electron chi connectivity index (χ0n) is 11.9. The molecule has 3 rings (SSSR count). The van der Waals surface area contributed by atoms with Crippen molar-refractivity contribution in [3.8, 4) is 0 Å². The highest BCUT2D eigenvalue weighted by molar-refractivity contribution is 9.10. The molecular weight excluding hydrogens is 333 g/mol. The van der Waals surface area contributed by atoms with E-state index in [0.29, 0.717) is 11.1 Å². The lowest BCUT2D eigenvalue weighted by Crippen LogP contribution is -1.99. The Morgan fingerprint density at radius 2 is 2.19 bits per heavy atom. The van der Waals surface area contributed by atoms with Crippen LogP contribution in [-0.2, 0) is 13.0 Å². The Morgan fingerprint density at radius 1 is 1.33 bits per heavy atom. The third kappa shape index (κ3) is 3.02. The number of aromatic nitrogens is 3. The van der Waals surface area contributed by atoms with Gasteiger partial charge in [0.25, 0.3) is 0 Å². The molecule has 21 heavy (non-hydrogen) atoms. The summed E-state index contributed by atoms with van der Waals surface area (Å²) in [5, 5.41) is 4.91. The first-order valence-corrected chi connectivity index (χ1v) is 7.88. The minimum absolute atomic E-state index is 0.101. The first-order valence-electron chi connectivity index (χ1n) is 7.09. The van der Waals surface area contributed by atoms with E-state index in [1.165, 1.54) is 0 Å². The Morgan fingerprint density at radius 3 is 2.90 bits per heavy atom. The van der Waals surface area contributed by atoms with Crippen LogP contribution in [0.5, 0.6) is 0 Å². The molecule has 1 N–H and O–H groups in total. The molecule has 3 aromatic rings. The van der Waals surface area contributed by atoms with Gasteiger partial charge in [-0.1, -0.05) is 12.1 Å². The van der Waals surface area contributed by atoms with E-state index < -0.39 is 0 Å². The molecule has 0 fully saturated rings. The van der Waals surface area contributed by atoms with Crippen molar-refractivity contribution in [2.45, 2.75) is 32.7 Å². The minimum atomic E-state index is -0.101. The number of aryl methyl sites for hydroxylation is 3. The molecule has 1 aromatic carbocycles. The molecular formula is C16H17BrFN3. The van der Waals surface area contributed by atoms with Crippen LogP contribution in [0.25, 0.3) is 10.9 Å². The molecule has 0 aliphatic rings. The number of halogens is 2. The molecule has 0 aliphatic heterocycles. The van der Waals surface area contributed by atoms with Crippen molar-refractivity contribution in [3.63, 3.8) is 0 Å². The fourth-order valence-electron chi connectivity index (χ4n) is 2.59. The van der Waals surface area contributed by atoms with Gasteiger partial charge in [-0.25, -0.2) is 4.39 Å².